The first-order valence-corrected chi connectivity index (χ1v) is 10.5. The Labute approximate surface area is 192 Å². The van der Waals surface area contributed by atoms with Crippen molar-refractivity contribution in [3.05, 3.63) is 65.4 Å². The molecule has 5 rings (SSSR count). The number of nitrogens with zero attached hydrogens (tertiary/aromatic N) is 2. The summed E-state index contributed by atoms with van der Waals surface area (Å²) < 4.78 is 58.4. The zero-order valence-electron chi connectivity index (χ0n) is 18.1. The molecule has 2 aromatic carbocycles. The summed E-state index contributed by atoms with van der Waals surface area (Å²) in [5.41, 5.74) is 1.44. The summed E-state index contributed by atoms with van der Waals surface area (Å²) in [5.74, 6) is 1.17. The molecular formula is C23H21F3N4O4. The van der Waals surface area contributed by atoms with Crippen LogP contribution in [-0.2, 0) is 6.54 Å². The molecule has 0 fully saturated rings. The highest BCUT2D eigenvalue weighted by atomic mass is 19.4. The molecule has 1 aromatic heterocycles. The van der Waals surface area contributed by atoms with Gasteiger partial charge in [0.15, 0.2) is 17.5 Å². The maximum atomic E-state index is 13.9. The lowest BCUT2D eigenvalue weighted by Gasteiger charge is -2.34. The van der Waals surface area contributed by atoms with Crippen molar-refractivity contribution in [1.29, 1.82) is 0 Å². The van der Waals surface area contributed by atoms with Gasteiger partial charge in [-0.3, -0.25) is 4.79 Å². The normalized spacial score (nSPS) is 18.7. The molecule has 2 atom stereocenters. The van der Waals surface area contributed by atoms with E-state index >= 15 is 0 Å². The number of halogens is 3. The van der Waals surface area contributed by atoms with E-state index in [1.807, 2.05) is 0 Å². The van der Waals surface area contributed by atoms with Gasteiger partial charge in [0.05, 0.1) is 19.3 Å². The molecule has 178 valence electrons. The average molecular weight is 474 g/mol. The van der Waals surface area contributed by atoms with Crippen LogP contribution in [0.1, 0.15) is 40.0 Å². The van der Waals surface area contributed by atoms with Gasteiger partial charge in [-0.05, 0) is 35.4 Å². The molecule has 2 N–H and O–H groups in total. The molecule has 34 heavy (non-hydrogen) atoms. The van der Waals surface area contributed by atoms with E-state index in [0.717, 1.165) is 16.4 Å². The van der Waals surface area contributed by atoms with Crippen LogP contribution in [0.25, 0.3) is 0 Å². The fraction of sp³-hybridized carbons (Fsp3) is 0.304. The van der Waals surface area contributed by atoms with Crippen molar-refractivity contribution in [2.75, 3.05) is 19.2 Å². The fourth-order valence-corrected chi connectivity index (χ4v) is 4.10. The number of methoxy groups -OCH3 is 1. The Morgan fingerprint density at radius 1 is 1.21 bits per heavy atom. The van der Waals surface area contributed by atoms with Crippen LogP contribution in [0, 0.1) is 0 Å². The predicted molar refractivity (Wildman–Crippen MR) is 115 cm³/mol. The topological polar surface area (TPSA) is 86.6 Å². The minimum absolute atomic E-state index is 0.0171. The van der Waals surface area contributed by atoms with E-state index in [1.54, 1.807) is 49.6 Å². The van der Waals surface area contributed by atoms with Gasteiger partial charge < -0.3 is 24.8 Å². The van der Waals surface area contributed by atoms with Crippen LogP contribution in [0.15, 0.2) is 48.7 Å². The van der Waals surface area contributed by atoms with Crippen molar-refractivity contribution in [3.8, 4) is 17.2 Å². The second-order valence-electron chi connectivity index (χ2n) is 7.98. The van der Waals surface area contributed by atoms with Gasteiger partial charge in [0, 0.05) is 13.0 Å². The third-order valence-electron chi connectivity index (χ3n) is 5.89. The zero-order valence-corrected chi connectivity index (χ0v) is 18.1. The Balaban J connectivity index is 1.40. The number of benzene rings is 2. The van der Waals surface area contributed by atoms with Crippen LogP contribution in [0.3, 0.4) is 0 Å². The number of amides is 1. The molecule has 8 nitrogen and oxygen atoms in total. The number of rotatable bonds is 5. The van der Waals surface area contributed by atoms with Crippen molar-refractivity contribution >= 4 is 11.7 Å². The van der Waals surface area contributed by atoms with Gasteiger partial charge in [-0.2, -0.15) is 18.3 Å². The van der Waals surface area contributed by atoms with E-state index in [9.17, 15) is 18.0 Å². The van der Waals surface area contributed by atoms with Gasteiger partial charge in [0.1, 0.15) is 17.1 Å². The third kappa shape index (κ3) is 4.09. The van der Waals surface area contributed by atoms with Crippen LogP contribution in [0.4, 0.5) is 19.0 Å². The Hall–Kier alpha value is -3.89. The highest BCUT2D eigenvalue weighted by Crippen LogP contribution is 2.45. The summed E-state index contributed by atoms with van der Waals surface area (Å²) in [6.07, 6.45) is -3.68. The molecule has 0 aliphatic carbocycles. The maximum Gasteiger partial charge on any atom is 0.410 e. The minimum Gasteiger partial charge on any atom is -0.497 e. The monoisotopic (exact) mass is 474 g/mol. The number of alkyl halides is 3. The largest absolute Gasteiger partial charge is 0.497 e. The van der Waals surface area contributed by atoms with Crippen molar-refractivity contribution in [2.24, 2.45) is 0 Å². The van der Waals surface area contributed by atoms with E-state index in [-0.39, 0.29) is 31.1 Å². The van der Waals surface area contributed by atoms with Crippen LogP contribution in [-0.4, -0.2) is 35.8 Å². The molecule has 3 heterocycles. The number of hydrogen-bond donors (Lipinski definition) is 2. The Morgan fingerprint density at radius 2 is 1.97 bits per heavy atom. The first kappa shape index (κ1) is 21.9. The molecule has 0 unspecified atom stereocenters. The number of hydrogen-bond acceptors (Lipinski definition) is 6. The average Bonchev–Trinajstić information content (AvgIpc) is 3.48. The first-order chi connectivity index (χ1) is 16.3. The fourth-order valence-electron chi connectivity index (χ4n) is 4.10. The highest BCUT2D eigenvalue weighted by Gasteiger charge is 2.47. The SMILES string of the molecule is COc1ccc(CNC(=O)c2cnn3c2N[C@H](c2ccc4c(c2)OCO4)C[C@H]3C(F)(F)F)cc1. The standard InChI is InChI=1S/C23H21F3N4O4/c1-32-15-5-2-13(3-6-15)10-27-22(31)16-11-28-30-20(23(24,25)26)9-17(29-21(16)30)14-4-7-18-19(8-14)34-12-33-18/h2-8,11,17,20,29H,9-10,12H2,1H3,(H,27,31)/t17-,20-/m0/s1. The van der Waals surface area contributed by atoms with Gasteiger partial charge in [0.25, 0.3) is 5.91 Å². The molecule has 3 aromatic rings. The second-order valence-corrected chi connectivity index (χ2v) is 7.98. The molecule has 0 bridgehead atoms. The maximum absolute atomic E-state index is 13.9. The van der Waals surface area contributed by atoms with Gasteiger partial charge >= 0.3 is 6.18 Å². The summed E-state index contributed by atoms with van der Waals surface area (Å²) in [5, 5.41) is 9.72. The Kier molecular flexibility index (Phi) is 5.46. The molecule has 0 saturated heterocycles. The van der Waals surface area contributed by atoms with Crippen LogP contribution >= 0.6 is 0 Å². The zero-order chi connectivity index (χ0) is 23.9. The lowest BCUT2D eigenvalue weighted by Crippen LogP contribution is -2.36. The number of aromatic nitrogens is 2. The lowest BCUT2D eigenvalue weighted by atomic mass is 9.96. The van der Waals surface area contributed by atoms with E-state index in [1.165, 1.54) is 0 Å². The number of ether oxygens (including phenoxy) is 3. The number of nitrogens with one attached hydrogen (secondary N) is 2. The smallest absolute Gasteiger partial charge is 0.410 e. The van der Waals surface area contributed by atoms with Crippen LogP contribution in [0.5, 0.6) is 17.2 Å². The van der Waals surface area contributed by atoms with E-state index in [2.05, 4.69) is 15.7 Å². The minimum atomic E-state index is -4.55. The summed E-state index contributed by atoms with van der Waals surface area (Å²) in [4.78, 5) is 12.9. The van der Waals surface area contributed by atoms with Crippen molar-refractivity contribution in [1.82, 2.24) is 15.1 Å². The molecule has 2 aliphatic heterocycles. The van der Waals surface area contributed by atoms with Gasteiger partial charge in [-0.15, -0.1) is 0 Å². The second kappa shape index (κ2) is 8.47. The summed E-state index contributed by atoms with van der Waals surface area (Å²) in [6, 6.07) is 9.51. The third-order valence-corrected chi connectivity index (χ3v) is 5.89. The molecular weight excluding hydrogens is 453 g/mol. The Morgan fingerprint density at radius 3 is 2.71 bits per heavy atom. The van der Waals surface area contributed by atoms with Crippen LogP contribution in [0.2, 0.25) is 0 Å². The summed E-state index contributed by atoms with van der Waals surface area (Å²) in [7, 11) is 1.55. The summed E-state index contributed by atoms with van der Waals surface area (Å²) in [6.45, 7) is 0.259. The lowest BCUT2D eigenvalue weighted by molar-refractivity contribution is -0.173. The molecule has 0 spiro atoms. The molecule has 0 saturated carbocycles. The first-order valence-electron chi connectivity index (χ1n) is 10.5. The highest BCUT2D eigenvalue weighted by molar-refractivity contribution is 5.98. The van der Waals surface area contributed by atoms with Crippen molar-refractivity contribution in [3.63, 3.8) is 0 Å². The van der Waals surface area contributed by atoms with E-state index in [0.29, 0.717) is 22.8 Å². The van der Waals surface area contributed by atoms with E-state index < -0.39 is 24.2 Å². The van der Waals surface area contributed by atoms with Crippen molar-refractivity contribution in [2.45, 2.75) is 31.2 Å². The van der Waals surface area contributed by atoms with Crippen LogP contribution < -0.4 is 24.8 Å². The number of carbonyl (C=O) groups excluding carboxylic acids is 1. The molecule has 0 radical (unpaired) electrons. The molecule has 1 amide bonds. The van der Waals surface area contributed by atoms with Gasteiger partial charge in [-0.1, -0.05) is 18.2 Å². The number of anilines is 1. The quantitative estimate of drug-likeness (QED) is 0.576. The van der Waals surface area contributed by atoms with Gasteiger partial charge in [-0.25, -0.2) is 4.68 Å². The molecule has 11 heteroatoms. The van der Waals surface area contributed by atoms with Gasteiger partial charge in [0.2, 0.25) is 6.79 Å². The Bertz CT molecular complexity index is 1210. The number of carbonyl (C=O) groups is 1. The predicted octanol–water partition coefficient (Wildman–Crippen LogP) is 4.21. The summed E-state index contributed by atoms with van der Waals surface area (Å²) >= 11 is 0. The number of fused-ring (bicyclic) bond motifs is 2. The van der Waals surface area contributed by atoms with Crippen molar-refractivity contribution < 1.29 is 32.2 Å². The van der Waals surface area contributed by atoms with E-state index in [4.69, 9.17) is 14.2 Å². The molecule has 2 aliphatic rings.